The van der Waals surface area contributed by atoms with E-state index < -0.39 is 15.9 Å². The standard InChI is InChI=1S/C21H23N3O4S/c1-21(2,3)19-23-16-12-13(8-9-17(16)28-19)22-20(25)24-15-10-11-29(26,27)18-7-5-4-6-14(15)18/h4-9,12,15H,10-11H2,1-3H3,(H2,22,24,25). The molecule has 152 valence electrons. The number of hydrogen-bond acceptors (Lipinski definition) is 5. The van der Waals surface area contributed by atoms with Crippen LogP contribution in [0.15, 0.2) is 51.8 Å². The van der Waals surface area contributed by atoms with Gasteiger partial charge in [0.05, 0.1) is 16.7 Å². The molecule has 0 spiro atoms. The first-order valence-corrected chi connectivity index (χ1v) is 11.1. The number of nitrogens with one attached hydrogen (secondary N) is 2. The highest BCUT2D eigenvalue weighted by Gasteiger charge is 2.30. The molecule has 0 bridgehead atoms. The van der Waals surface area contributed by atoms with Gasteiger partial charge in [-0.2, -0.15) is 0 Å². The molecule has 2 aromatic carbocycles. The molecule has 0 radical (unpaired) electrons. The summed E-state index contributed by atoms with van der Waals surface area (Å²) in [5.74, 6) is 0.643. The van der Waals surface area contributed by atoms with Gasteiger partial charge >= 0.3 is 6.03 Å². The average molecular weight is 413 g/mol. The SMILES string of the molecule is CC(C)(C)c1nc2cc(NC(=O)NC3CCS(=O)(=O)c4ccccc43)ccc2o1. The van der Waals surface area contributed by atoms with E-state index in [4.69, 9.17) is 4.42 Å². The predicted molar refractivity (Wildman–Crippen MR) is 111 cm³/mol. The van der Waals surface area contributed by atoms with Crippen LogP contribution in [-0.4, -0.2) is 25.2 Å². The van der Waals surface area contributed by atoms with E-state index in [1.165, 1.54) is 0 Å². The summed E-state index contributed by atoms with van der Waals surface area (Å²) in [5.41, 5.74) is 2.32. The zero-order valence-corrected chi connectivity index (χ0v) is 17.3. The van der Waals surface area contributed by atoms with Gasteiger partial charge in [-0.05, 0) is 36.2 Å². The van der Waals surface area contributed by atoms with Crippen molar-refractivity contribution in [3.05, 3.63) is 53.9 Å². The van der Waals surface area contributed by atoms with Gasteiger partial charge in [0.1, 0.15) is 5.52 Å². The molecule has 2 N–H and O–H groups in total. The minimum Gasteiger partial charge on any atom is -0.440 e. The third kappa shape index (κ3) is 3.85. The number of aromatic nitrogens is 1. The number of oxazole rings is 1. The number of anilines is 1. The van der Waals surface area contributed by atoms with Gasteiger partial charge < -0.3 is 15.1 Å². The summed E-state index contributed by atoms with van der Waals surface area (Å²) >= 11 is 0. The molecule has 8 heteroatoms. The van der Waals surface area contributed by atoms with Crippen molar-refractivity contribution in [2.45, 2.75) is 43.5 Å². The fourth-order valence-corrected chi connectivity index (χ4v) is 5.01. The number of rotatable bonds is 2. The molecule has 4 rings (SSSR count). The van der Waals surface area contributed by atoms with Crippen molar-refractivity contribution in [2.24, 2.45) is 0 Å². The number of carbonyl (C=O) groups excluding carboxylic acids is 1. The van der Waals surface area contributed by atoms with Gasteiger partial charge in [0, 0.05) is 11.1 Å². The van der Waals surface area contributed by atoms with Crippen LogP contribution < -0.4 is 10.6 Å². The van der Waals surface area contributed by atoms with E-state index in [9.17, 15) is 13.2 Å². The molecular weight excluding hydrogens is 390 g/mol. The quantitative estimate of drug-likeness (QED) is 0.657. The van der Waals surface area contributed by atoms with E-state index in [0.29, 0.717) is 34.7 Å². The zero-order valence-electron chi connectivity index (χ0n) is 16.5. The summed E-state index contributed by atoms with van der Waals surface area (Å²) < 4.78 is 30.3. The molecule has 1 aliphatic heterocycles. The van der Waals surface area contributed by atoms with Gasteiger partial charge in [-0.3, -0.25) is 0 Å². The number of urea groups is 1. The van der Waals surface area contributed by atoms with Crippen LogP contribution in [0.2, 0.25) is 0 Å². The number of amides is 2. The Balaban J connectivity index is 1.52. The highest BCUT2D eigenvalue weighted by atomic mass is 32.2. The van der Waals surface area contributed by atoms with Crippen molar-refractivity contribution in [3.8, 4) is 0 Å². The van der Waals surface area contributed by atoms with Crippen molar-refractivity contribution in [3.63, 3.8) is 0 Å². The van der Waals surface area contributed by atoms with Gasteiger partial charge in [-0.1, -0.05) is 39.0 Å². The third-order valence-corrected chi connectivity index (χ3v) is 6.71. The average Bonchev–Trinajstić information content (AvgIpc) is 3.08. The van der Waals surface area contributed by atoms with Crippen LogP contribution in [-0.2, 0) is 15.3 Å². The lowest BCUT2D eigenvalue weighted by Gasteiger charge is -2.26. The Morgan fingerprint density at radius 1 is 1.17 bits per heavy atom. The summed E-state index contributed by atoms with van der Waals surface area (Å²) in [6.45, 7) is 6.06. The van der Waals surface area contributed by atoms with Gasteiger partial charge in [-0.15, -0.1) is 0 Å². The number of fused-ring (bicyclic) bond motifs is 2. The molecule has 7 nitrogen and oxygen atoms in total. The minimum absolute atomic E-state index is 0.00936. The number of nitrogens with zero attached hydrogens (tertiary/aromatic N) is 1. The lowest BCUT2D eigenvalue weighted by molar-refractivity contribution is 0.248. The van der Waals surface area contributed by atoms with Crippen LogP contribution in [0.5, 0.6) is 0 Å². The van der Waals surface area contributed by atoms with Crippen molar-refractivity contribution >= 4 is 32.7 Å². The molecule has 0 saturated heterocycles. The Morgan fingerprint density at radius 2 is 1.93 bits per heavy atom. The second-order valence-electron chi connectivity index (χ2n) is 8.25. The van der Waals surface area contributed by atoms with Gasteiger partial charge in [0.25, 0.3) is 0 Å². The monoisotopic (exact) mass is 413 g/mol. The Kier molecular flexibility index (Phi) is 4.61. The van der Waals surface area contributed by atoms with Crippen molar-refractivity contribution in [1.29, 1.82) is 0 Å². The van der Waals surface area contributed by atoms with Crippen molar-refractivity contribution < 1.29 is 17.6 Å². The summed E-state index contributed by atoms with van der Waals surface area (Å²) in [4.78, 5) is 17.3. The fraction of sp³-hybridized carbons (Fsp3) is 0.333. The molecule has 29 heavy (non-hydrogen) atoms. The zero-order chi connectivity index (χ0) is 20.8. The largest absolute Gasteiger partial charge is 0.440 e. The maximum absolute atomic E-state index is 12.5. The number of carbonyl (C=O) groups is 1. The first-order valence-electron chi connectivity index (χ1n) is 9.44. The molecule has 0 saturated carbocycles. The van der Waals surface area contributed by atoms with Crippen LogP contribution >= 0.6 is 0 Å². The Morgan fingerprint density at radius 3 is 2.69 bits per heavy atom. The van der Waals surface area contributed by atoms with Crippen molar-refractivity contribution in [2.75, 3.05) is 11.1 Å². The van der Waals surface area contributed by atoms with E-state index in [2.05, 4.69) is 15.6 Å². The van der Waals surface area contributed by atoms with Gasteiger partial charge in [0.15, 0.2) is 15.4 Å². The second kappa shape index (κ2) is 6.88. The normalized spacial score (nSPS) is 18.2. The van der Waals surface area contributed by atoms with Crippen molar-refractivity contribution in [1.82, 2.24) is 10.3 Å². The molecule has 2 heterocycles. The molecular formula is C21H23N3O4S. The highest BCUT2D eigenvalue weighted by Crippen LogP contribution is 2.32. The van der Waals surface area contributed by atoms with E-state index in [1.807, 2.05) is 20.8 Å². The van der Waals surface area contributed by atoms with Crippen LogP contribution in [0.3, 0.4) is 0 Å². The lowest BCUT2D eigenvalue weighted by atomic mass is 9.97. The van der Waals surface area contributed by atoms with Crippen LogP contribution in [0.1, 0.15) is 44.7 Å². The molecule has 0 fully saturated rings. The smallest absolute Gasteiger partial charge is 0.319 e. The molecule has 0 aliphatic carbocycles. The predicted octanol–water partition coefficient (Wildman–Crippen LogP) is 4.17. The molecule has 1 aliphatic rings. The lowest BCUT2D eigenvalue weighted by Crippen LogP contribution is -2.36. The number of benzene rings is 2. The van der Waals surface area contributed by atoms with E-state index in [0.717, 1.165) is 0 Å². The van der Waals surface area contributed by atoms with E-state index >= 15 is 0 Å². The summed E-state index contributed by atoms with van der Waals surface area (Å²) in [7, 11) is -3.29. The molecule has 1 unspecified atom stereocenters. The van der Waals surface area contributed by atoms with Crippen LogP contribution in [0.4, 0.5) is 10.5 Å². The third-order valence-electron chi connectivity index (χ3n) is 4.90. The van der Waals surface area contributed by atoms with Crippen LogP contribution in [0, 0.1) is 0 Å². The topological polar surface area (TPSA) is 101 Å². The Labute approximate surface area is 169 Å². The highest BCUT2D eigenvalue weighted by molar-refractivity contribution is 7.91. The first kappa shape index (κ1) is 19.4. The van der Waals surface area contributed by atoms with E-state index in [-0.39, 0.29) is 22.1 Å². The minimum atomic E-state index is -3.29. The summed E-state index contributed by atoms with van der Waals surface area (Å²) in [5, 5.41) is 5.68. The van der Waals surface area contributed by atoms with E-state index in [1.54, 1.807) is 42.5 Å². The molecule has 3 aromatic rings. The first-order chi connectivity index (χ1) is 13.6. The van der Waals surface area contributed by atoms with Crippen LogP contribution in [0.25, 0.3) is 11.1 Å². The van der Waals surface area contributed by atoms with Gasteiger partial charge in [-0.25, -0.2) is 18.2 Å². The molecule has 1 atom stereocenters. The number of sulfone groups is 1. The summed E-state index contributed by atoms with van der Waals surface area (Å²) in [6, 6.07) is 11.3. The molecule has 1 aromatic heterocycles. The maximum Gasteiger partial charge on any atom is 0.319 e. The Hall–Kier alpha value is -2.87. The second-order valence-corrected chi connectivity index (χ2v) is 10.3. The van der Waals surface area contributed by atoms with Gasteiger partial charge in [0.2, 0.25) is 5.89 Å². The Bertz CT molecular complexity index is 1190. The molecule has 2 amide bonds. The maximum atomic E-state index is 12.5. The summed E-state index contributed by atoms with van der Waals surface area (Å²) in [6.07, 6.45) is 0.337. The number of hydrogen-bond donors (Lipinski definition) is 2. The fourth-order valence-electron chi connectivity index (χ4n) is 3.39.